The Morgan fingerprint density at radius 3 is 1.87 bits per heavy atom. The van der Waals surface area contributed by atoms with Crippen LogP contribution < -0.4 is 53.4 Å². The summed E-state index contributed by atoms with van der Waals surface area (Å²) in [6.07, 6.45) is -32.1. The van der Waals surface area contributed by atoms with Crippen LogP contribution in [0.2, 0.25) is 5.02 Å². The van der Waals surface area contributed by atoms with Gasteiger partial charge in [-0.2, -0.15) is 0 Å². The molecule has 5 unspecified atom stereocenters. The zero-order valence-electron chi connectivity index (χ0n) is 53.0. The zero-order chi connectivity index (χ0) is 71.7. The lowest BCUT2D eigenvalue weighted by molar-refractivity contribution is -0.353. The minimum absolute atomic E-state index is 0.0979. The summed E-state index contributed by atoms with van der Waals surface area (Å²) in [6, 6.07) is -1.56. The van der Waals surface area contributed by atoms with Gasteiger partial charge in [0.1, 0.15) is 115 Å². The summed E-state index contributed by atoms with van der Waals surface area (Å²) in [5.41, 5.74) is 12.6. The highest BCUT2D eigenvalue weighted by atomic mass is 35.5. The lowest BCUT2D eigenvalue weighted by atomic mass is 9.91. The van der Waals surface area contributed by atoms with E-state index in [2.05, 4.69) is 47.2 Å². The van der Waals surface area contributed by atoms with Crippen molar-refractivity contribution in [3.63, 3.8) is 0 Å². The summed E-state index contributed by atoms with van der Waals surface area (Å²) >= 11 is 6.60. The van der Waals surface area contributed by atoms with Gasteiger partial charge in [-0.3, -0.25) is 43.5 Å². The van der Waals surface area contributed by atoms with Crippen molar-refractivity contribution in [1.29, 1.82) is 0 Å². The topological polar surface area (TPSA) is 602 Å². The molecule has 0 saturated carbocycles. The van der Waals surface area contributed by atoms with Gasteiger partial charge in [0.05, 0.1) is 58.1 Å². The van der Waals surface area contributed by atoms with Crippen molar-refractivity contribution in [3.8, 4) is 5.75 Å². The Kier molecular flexibility index (Phi) is 26.3. The van der Waals surface area contributed by atoms with Crippen molar-refractivity contribution >= 4 is 64.9 Å². The summed E-state index contributed by atoms with van der Waals surface area (Å²) in [4.78, 5) is 109. The first-order chi connectivity index (χ1) is 46.5. The van der Waals surface area contributed by atoms with Crippen LogP contribution in [0.15, 0.2) is 58.5 Å². The SMILES string of the molecule is CC(C)CC(=O)O[C@@H]1[C@H](O)[C@@H](O[C@H]2[C@H](O)[C@H](O)[C@@H](Oc3ccc(C[C@H]4NC(=O)[C@H](C(C)c5ccccc5Cl)NC(=O)CNC(=O)[C@H](CO)NC(=O)[C@@H](C(O)C5CN=C(N)N5[C@H]5O[C@H](CO)[C@@H](O)[C@H](O)[C@@H]5O)NC(=O)[C@H](C(O)C5CN=C(N)N5)NC4=O)cc3)O[C@@H]2CO)O[C@H](CO)[C@H]1O. The monoisotopic (exact) mass is 1410 g/mol. The molecule has 6 heterocycles. The second kappa shape index (κ2) is 33.7. The molecule has 2 aromatic rings. The third kappa shape index (κ3) is 17.6. The normalized spacial score (nSPS) is 35.7. The Balaban J connectivity index is 1.10. The van der Waals surface area contributed by atoms with E-state index >= 15 is 9.59 Å². The second-order valence-electron chi connectivity index (χ2n) is 24.7. The third-order valence-electron chi connectivity index (χ3n) is 17.4. The van der Waals surface area contributed by atoms with E-state index in [0.717, 1.165) is 4.90 Å². The number of aliphatic hydroxyl groups is 13. The van der Waals surface area contributed by atoms with Crippen LogP contribution in [0.1, 0.15) is 44.2 Å². The summed E-state index contributed by atoms with van der Waals surface area (Å²) in [5, 5.41) is 160. The lowest BCUT2D eigenvalue weighted by Crippen LogP contribution is -2.70. The number of hydrogen-bond donors (Lipinski definition) is 22. The first-order valence-corrected chi connectivity index (χ1v) is 31.7. The molecule has 0 aromatic heterocycles. The van der Waals surface area contributed by atoms with Gasteiger partial charge in [0, 0.05) is 23.8 Å². The van der Waals surface area contributed by atoms with Crippen molar-refractivity contribution in [2.45, 2.75) is 186 Å². The van der Waals surface area contributed by atoms with Gasteiger partial charge < -0.3 is 148 Å². The van der Waals surface area contributed by atoms with Crippen LogP contribution in [0, 0.1) is 5.92 Å². The van der Waals surface area contributed by atoms with Crippen molar-refractivity contribution in [1.82, 2.24) is 42.1 Å². The lowest BCUT2D eigenvalue weighted by Gasteiger charge is -2.46. The number of carbonyl (C=O) groups is 7. The predicted octanol–water partition coefficient (Wildman–Crippen LogP) is -11.4. The number of aliphatic hydroxyl groups excluding tert-OH is 13. The maximum Gasteiger partial charge on any atom is 0.306 e. The van der Waals surface area contributed by atoms with Gasteiger partial charge in [0.2, 0.25) is 41.7 Å². The number of nitrogens with two attached hydrogens (primary N) is 2. The molecule has 0 aliphatic carbocycles. The van der Waals surface area contributed by atoms with Gasteiger partial charge in [-0.05, 0) is 35.2 Å². The first kappa shape index (κ1) is 76.4. The standard InChI is InChI=1S/C59H85ClN12O26/c1-21(2)12-35(78)97-49-42(82)32(19-75)95-57(47(49)87)98-48-33(20-76)96-56(46(86)44(48)84)93-24-10-8-23(9-11-24)13-27-51(89)70-37(39(79)28-14-64-58(61)68-28)54(92)71-38(40(80)30-15-65-59(62)72(30)55-45(85)43(83)41(81)31(18-74)94-55)53(91)67-29(17-73)50(88)63-16-34(77)69-36(52(90)66-27)22(3)25-6-4-5-7-26(25)60/h4-11,21-22,27-33,36-49,55-57,73-76,79-87H,12-20H2,1-3H3,(H2,62,65)(H,63,88)(H,66,90)(H,67,91)(H,69,77)(H,70,89)(H,71,92)(H3,61,64,68)/t22?,27-,28?,29+,30?,31-,32-,33-,36+,37+,38-,39?,40?,41-,42-,43+,44-,45+,46+,47+,48-,49+,55+,56+,57-/m1/s1. The fourth-order valence-electron chi connectivity index (χ4n) is 11.9. The number of nitrogens with one attached hydrogen (secondary N) is 7. The molecule has 4 fully saturated rings. The highest BCUT2D eigenvalue weighted by Gasteiger charge is 2.55. The number of hydrogen-bond acceptors (Lipinski definition) is 32. The predicted molar refractivity (Wildman–Crippen MR) is 331 cm³/mol. The quantitative estimate of drug-likeness (QED) is 0.0547. The minimum Gasteiger partial charge on any atom is -0.462 e. The highest BCUT2D eigenvalue weighted by Crippen LogP contribution is 2.34. The molecule has 25 atom stereocenters. The van der Waals surface area contributed by atoms with E-state index in [0.29, 0.717) is 5.56 Å². The first-order valence-electron chi connectivity index (χ1n) is 31.3. The van der Waals surface area contributed by atoms with E-state index in [1.807, 2.05) is 0 Å². The molecular weight excluding hydrogens is 1330 g/mol. The van der Waals surface area contributed by atoms with Crippen LogP contribution in [0.3, 0.4) is 0 Å². The molecule has 0 bridgehead atoms. The number of aliphatic imine (C=N–C) groups is 2. The molecule has 6 aliphatic rings. The van der Waals surface area contributed by atoms with Crippen LogP contribution in [-0.2, 0) is 63.7 Å². The Hall–Kier alpha value is -7.32. The molecule has 98 heavy (non-hydrogen) atoms. The van der Waals surface area contributed by atoms with E-state index < -0.39 is 246 Å². The highest BCUT2D eigenvalue weighted by molar-refractivity contribution is 6.31. The molecule has 8 rings (SSSR count). The molecule has 24 N–H and O–H groups in total. The molecular formula is C59H85ClN12O26. The molecule has 6 amide bonds. The maximum atomic E-state index is 15.2. The molecule has 38 nitrogen and oxygen atoms in total. The van der Waals surface area contributed by atoms with Crippen molar-refractivity contribution in [3.05, 3.63) is 64.7 Å². The summed E-state index contributed by atoms with van der Waals surface area (Å²) in [5.74, 6) is -10.4. The smallest absolute Gasteiger partial charge is 0.306 e. The van der Waals surface area contributed by atoms with Gasteiger partial charge in [0.15, 0.2) is 30.5 Å². The maximum absolute atomic E-state index is 15.2. The van der Waals surface area contributed by atoms with Gasteiger partial charge in [-0.15, -0.1) is 0 Å². The fourth-order valence-corrected chi connectivity index (χ4v) is 12.2. The third-order valence-corrected chi connectivity index (χ3v) is 17.7. The van der Waals surface area contributed by atoms with E-state index in [1.54, 1.807) is 32.0 Å². The van der Waals surface area contributed by atoms with Crippen molar-refractivity contribution in [2.75, 3.05) is 46.1 Å². The summed E-state index contributed by atoms with van der Waals surface area (Å²) in [6.45, 7) is -0.754. The van der Waals surface area contributed by atoms with Crippen molar-refractivity contribution < 1.29 is 128 Å². The molecule has 4 saturated heterocycles. The number of carbonyl (C=O) groups excluding carboxylic acids is 7. The zero-order valence-corrected chi connectivity index (χ0v) is 53.7. The van der Waals surface area contributed by atoms with Crippen molar-refractivity contribution in [2.24, 2.45) is 27.4 Å². The van der Waals surface area contributed by atoms with Crippen LogP contribution in [0.4, 0.5) is 0 Å². The Morgan fingerprint density at radius 1 is 0.622 bits per heavy atom. The van der Waals surface area contributed by atoms with Gasteiger partial charge in [0.25, 0.3) is 0 Å². The largest absolute Gasteiger partial charge is 0.462 e. The minimum atomic E-state index is -2.37. The number of ether oxygens (including phenoxy) is 6. The molecule has 544 valence electrons. The number of esters is 1. The second-order valence-corrected chi connectivity index (χ2v) is 25.1. The number of amides is 6. The Morgan fingerprint density at radius 2 is 1.23 bits per heavy atom. The number of nitrogens with zero attached hydrogens (tertiary/aromatic N) is 3. The summed E-state index contributed by atoms with van der Waals surface area (Å²) < 4.78 is 34.1. The molecule has 6 aliphatic heterocycles. The van der Waals surface area contributed by atoms with E-state index in [-0.39, 0.29) is 41.2 Å². The van der Waals surface area contributed by atoms with E-state index in [4.69, 9.17) is 51.5 Å². The average Bonchev–Trinajstić information content (AvgIpc) is 1.43. The Bertz CT molecular complexity index is 3180. The van der Waals surface area contributed by atoms with Crippen LogP contribution in [0.5, 0.6) is 5.75 Å². The molecule has 0 radical (unpaired) electrons. The average molecular weight is 1410 g/mol. The number of rotatable bonds is 20. The molecule has 39 heteroatoms. The number of guanidine groups is 2. The van der Waals surface area contributed by atoms with Gasteiger partial charge in [-0.1, -0.05) is 62.7 Å². The van der Waals surface area contributed by atoms with Crippen LogP contribution in [0.25, 0.3) is 0 Å². The Labute approximate surface area is 563 Å². The molecule has 0 spiro atoms. The van der Waals surface area contributed by atoms with E-state index in [9.17, 15) is 90.4 Å². The number of halogens is 1. The number of benzene rings is 2. The van der Waals surface area contributed by atoms with Gasteiger partial charge in [-0.25, -0.2) is 0 Å². The van der Waals surface area contributed by atoms with Crippen LogP contribution >= 0.6 is 11.6 Å². The fraction of sp³-hybridized carbons (Fsp3) is 0.644. The summed E-state index contributed by atoms with van der Waals surface area (Å²) in [7, 11) is 0. The van der Waals surface area contributed by atoms with Gasteiger partial charge >= 0.3 is 5.97 Å². The molecule has 2 aromatic carbocycles. The van der Waals surface area contributed by atoms with Crippen LogP contribution in [-0.4, -0.2) is 317 Å². The van der Waals surface area contributed by atoms with E-state index in [1.165, 1.54) is 37.3 Å².